The fraction of sp³-hybridized carbons (Fsp3) is 0.250. The molecule has 4 rings (SSSR count). The molecule has 0 saturated heterocycles. The maximum atomic E-state index is 6.21. The van der Waals surface area contributed by atoms with Gasteiger partial charge in [-0.1, -0.05) is 28.1 Å². The number of rotatable bonds is 9. The fourth-order valence-electron chi connectivity index (χ4n) is 3.60. The van der Waals surface area contributed by atoms with Gasteiger partial charge in [0.1, 0.15) is 12.1 Å². The van der Waals surface area contributed by atoms with Crippen LogP contribution in [-0.2, 0) is 9.47 Å². The topological polar surface area (TPSA) is 99.3 Å². The summed E-state index contributed by atoms with van der Waals surface area (Å²) in [4.78, 5) is 20.2. The molecular formula is C24H28BrCl3N6O2. The van der Waals surface area contributed by atoms with E-state index in [9.17, 15) is 0 Å². The molecule has 0 atom stereocenters. The van der Waals surface area contributed by atoms with Gasteiger partial charge in [0.25, 0.3) is 0 Å². The maximum Gasteiger partial charge on any atom is 0.165 e. The second kappa shape index (κ2) is 15.1. The Labute approximate surface area is 237 Å². The second-order valence-electron chi connectivity index (χ2n) is 7.40. The molecule has 0 radical (unpaired) electrons. The van der Waals surface area contributed by atoms with Crippen LogP contribution in [0.15, 0.2) is 59.5 Å². The van der Waals surface area contributed by atoms with E-state index in [-0.39, 0.29) is 37.2 Å². The highest BCUT2D eigenvalue weighted by Crippen LogP contribution is 2.34. The monoisotopic (exact) mass is 616 g/mol. The summed E-state index contributed by atoms with van der Waals surface area (Å²) < 4.78 is 11.5. The molecule has 12 heteroatoms. The van der Waals surface area contributed by atoms with Gasteiger partial charge in [-0.05, 0) is 41.5 Å². The first-order valence-electron chi connectivity index (χ1n) is 10.5. The van der Waals surface area contributed by atoms with Gasteiger partial charge in [-0.15, -0.1) is 37.2 Å². The van der Waals surface area contributed by atoms with E-state index in [2.05, 4.69) is 30.8 Å². The van der Waals surface area contributed by atoms with Crippen molar-refractivity contribution < 1.29 is 9.47 Å². The number of benzene rings is 1. The number of methoxy groups -OCH3 is 2. The molecule has 0 aliphatic heterocycles. The number of nitrogens with two attached hydrogens (primary N) is 1. The third-order valence-electron chi connectivity index (χ3n) is 5.28. The fourth-order valence-corrected chi connectivity index (χ4v) is 4.00. The molecule has 0 spiro atoms. The molecule has 36 heavy (non-hydrogen) atoms. The number of hydrogen-bond donors (Lipinski definition) is 1. The van der Waals surface area contributed by atoms with E-state index < -0.39 is 0 Å². The SMILES string of the molecule is COCCN(CCOC)c1ccc(-c2cc(-c3cccc(Br)c3)c3c(N)ncnc3n2)nc1.Cl.Cl.Cl. The van der Waals surface area contributed by atoms with E-state index in [0.29, 0.717) is 30.4 Å². The van der Waals surface area contributed by atoms with Crippen LogP contribution in [0.2, 0.25) is 0 Å². The summed E-state index contributed by atoms with van der Waals surface area (Å²) in [5.74, 6) is 0.393. The van der Waals surface area contributed by atoms with Crippen LogP contribution in [-0.4, -0.2) is 60.5 Å². The van der Waals surface area contributed by atoms with Crippen molar-refractivity contribution in [1.29, 1.82) is 0 Å². The van der Waals surface area contributed by atoms with E-state index in [1.807, 2.05) is 48.7 Å². The summed E-state index contributed by atoms with van der Waals surface area (Å²) in [5.41, 5.74) is 11.1. The van der Waals surface area contributed by atoms with Crippen LogP contribution >= 0.6 is 53.2 Å². The Morgan fingerprint density at radius 3 is 2.22 bits per heavy atom. The number of nitrogen functional groups attached to an aromatic ring is 1. The lowest BCUT2D eigenvalue weighted by Gasteiger charge is -2.24. The van der Waals surface area contributed by atoms with Gasteiger partial charge in [0.2, 0.25) is 0 Å². The summed E-state index contributed by atoms with van der Waals surface area (Å²) >= 11 is 3.55. The van der Waals surface area contributed by atoms with Gasteiger partial charge < -0.3 is 20.1 Å². The van der Waals surface area contributed by atoms with Crippen molar-refractivity contribution in [3.63, 3.8) is 0 Å². The number of aromatic nitrogens is 4. The minimum atomic E-state index is 0. The van der Waals surface area contributed by atoms with Crippen LogP contribution in [0, 0.1) is 0 Å². The lowest BCUT2D eigenvalue weighted by atomic mass is 10.0. The van der Waals surface area contributed by atoms with Crippen LogP contribution in [0.5, 0.6) is 0 Å². The Bertz CT molecular complexity index is 1240. The molecule has 8 nitrogen and oxygen atoms in total. The van der Waals surface area contributed by atoms with Crippen LogP contribution in [0.25, 0.3) is 33.5 Å². The minimum absolute atomic E-state index is 0. The molecule has 2 N–H and O–H groups in total. The molecular weight excluding hydrogens is 591 g/mol. The highest BCUT2D eigenvalue weighted by atomic mass is 79.9. The van der Waals surface area contributed by atoms with Crippen molar-refractivity contribution in [2.24, 2.45) is 0 Å². The van der Waals surface area contributed by atoms with E-state index in [1.54, 1.807) is 14.2 Å². The number of pyridine rings is 2. The normalized spacial score (nSPS) is 10.2. The van der Waals surface area contributed by atoms with Crippen molar-refractivity contribution >= 4 is 75.7 Å². The van der Waals surface area contributed by atoms with E-state index in [0.717, 1.165) is 45.5 Å². The molecule has 194 valence electrons. The Balaban J connectivity index is 0.00000216. The van der Waals surface area contributed by atoms with Crippen molar-refractivity contribution in [2.75, 3.05) is 51.2 Å². The molecule has 4 aromatic rings. The molecule has 0 saturated carbocycles. The summed E-state index contributed by atoms with van der Waals surface area (Å²) in [6, 6.07) is 14.0. The Hall–Kier alpha value is -2.27. The summed E-state index contributed by atoms with van der Waals surface area (Å²) in [6.45, 7) is 2.74. The van der Waals surface area contributed by atoms with Gasteiger partial charge in [-0.2, -0.15) is 0 Å². The Kier molecular flexibility index (Phi) is 13.3. The lowest BCUT2D eigenvalue weighted by Crippen LogP contribution is -2.30. The number of anilines is 2. The average Bonchev–Trinajstić information content (AvgIpc) is 2.84. The van der Waals surface area contributed by atoms with Crippen LogP contribution in [0.3, 0.4) is 0 Å². The van der Waals surface area contributed by atoms with Gasteiger partial charge in [-0.3, -0.25) is 4.98 Å². The molecule has 0 amide bonds. The lowest BCUT2D eigenvalue weighted by molar-refractivity contribution is 0.190. The number of hydrogen-bond acceptors (Lipinski definition) is 8. The number of fused-ring (bicyclic) bond motifs is 1. The molecule has 3 heterocycles. The molecule has 0 fully saturated rings. The van der Waals surface area contributed by atoms with Crippen molar-refractivity contribution in [3.05, 3.63) is 59.5 Å². The van der Waals surface area contributed by atoms with Gasteiger partial charge in [0.15, 0.2) is 5.65 Å². The van der Waals surface area contributed by atoms with E-state index >= 15 is 0 Å². The van der Waals surface area contributed by atoms with E-state index in [1.165, 1.54) is 6.33 Å². The standard InChI is InChI=1S/C24H25BrN6O2.3ClH/c1-32-10-8-31(9-11-33-2)18-6-7-20(27-14-18)21-13-19(16-4-3-5-17(25)12-16)22-23(26)28-15-29-24(22)30-21;;;/h3-7,12-15H,8-11H2,1-2H3,(H2,26,28,29,30);3*1H. The molecule has 0 aliphatic rings. The predicted molar refractivity (Wildman–Crippen MR) is 156 cm³/mol. The molecule has 0 bridgehead atoms. The smallest absolute Gasteiger partial charge is 0.165 e. The second-order valence-corrected chi connectivity index (χ2v) is 8.31. The van der Waals surface area contributed by atoms with Gasteiger partial charge in [0, 0.05) is 31.8 Å². The maximum absolute atomic E-state index is 6.21. The first kappa shape index (κ1) is 31.8. The summed E-state index contributed by atoms with van der Waals surface area (Å²) in [5, 5.41) is 0.723. The number of ether oxygens (including phenoxy) is 2. The Morgan fingerprint density at radius 1 is 0.889 bits per heavy atom. The largest absolute Gasteiger partial charge is 0.383 e. The van der Waals surface area contributed by atoms with Crippen molar-refractivity contribution in [2.45, 2.75) is 0 Å². The van der Waals surface area contributed by atoms with Gasteiger partial charge in [0.05, 0.1) is 41.9 Å². The third kappa shape index (κ3) is 7.38. The van der Waals surface area contributed by atoms with Crippen LogP contribution in [0.1, 0.15) is 0 Å². The molecule has 3 aromatic heterocycles. The minimum Gasteiger partial charge on any atom is -0.383 e. The van der Waals surface area contributed by atoms with Crippen molar-refractivity contribution in [1.82, 2.24) is 19.9 Å². The molecule has 0 aliphatic carbocycles. The van der Waals surface area contributed by atoms with Gasteiger partial charge >= 0.3 is 0 Å². The number of nitrogens with zero attached hydrogens (tertiary/aromatic N) is 5. The third-order valence-corrected chi connectivity index (χ3v) is 5.77. The first-order valence-corrected chi connectivity index (χ1v) is 11.3. The highest BCUT2D eigenvalue weighted by Gasteiger charge is 2.15. The van der Waals surface area contributed by atoms with Crippen molar-refractivity contribution in [3.8, 4) is 22.5 Å². The summed E-state index contributed by atoms with van der Waals surface area (Å²) in [6.07, 6.45) is 3.28. The highest BCUT2D eigenvalue weighted by molar-refractivity contribution is 9.10. The first-order chi connectivity index (χ1) is 16.1. The van der Waals surface area contributed by atoms with E-state index in [4.69, 9.17) is 25.2 Å². The molecule has 0 unspecified atom stereocenters. The molecule has 1 aromatic carbocycles. The summed E-state index contributed by atoms with van der Waals surface area (Å²) in [7, 11) is 3.39. The quantitative estimate of drug-likeness (QED) is 0.264. The van der Waals surface area contributed by atoms with Gasteiger partial charge in [-0.25, -0.2) is 15.0 Å². The van der Waals surface area contributed by atoms with Crippen LogP contribution < -0.4 is 10.6 Å². The predicted octanol–water partition coefficient (Wildman–Crippen LogP) is 5.46. The Morgan fingerprint density at radius 2 is 1.61 bits per heavy atom. The average molecular weight is 619 g/mol. The number of halogens is 4. The zero-order chi connectivity index (χ0) is 23.2. The zero-order valence-electron chi connectivity index (χ0n) is 19.8. The van der Waals surface area contributed by atoms with Crippen LogP contribution in [0.4, 0.5) is 11.5 Å². The zero-order valence-corrected chi connectivity index (χ0v) is 23.8.